The van der Waals surface area contributed by atoms with Crippen LogP contribution in [0.25, 0.3) is 0 Å². The van der Waals surface area contributed by atoms with Crippen LogP contribution in [0.3, 0.4) is 0 Å². The van der Waals surface area contributed by atoms with Crippen LogP contribution < -0.4 is 5.32 Å². The van der Waals surface area contributed by atoms with Crippen LogP contribution >= 0.6 is 0 Å². The maximum atomic E-state index is 5.64. The zero-order valence-electron chi connectivity index (χ0n) is 9.52. The van der Waals surface area contributed by atoms with Gasteiger partial charge in [0.1, 0.15) is 6.79 Å². The van der Waals surface area contributed by atoms with E-state index in [9.17, 15) is 0 Å². The van der Waals surface area contributed by atoms with Gasteiger partial charge in [0.25, 0.3) is 0 Å². The zero-order valence-corrected chi connectivity index (χ0v) is 9.52. The summed E-state index contributed by atoms with van der Waals surface area (Å²) in [5.74, 6) is 0. The van der Waals surface area contributed by atoms with E-state index < -0.39 is 0 Å². The molecule has 0 saturated carbocycles. The lowest BCUT2D eigenvalue weighted by atomic mass is 10.1. The van der Waals surface area contributed by atoms with E-state index in [-0.39, 0.29) is 0 Å². The highest BCUT2D eigenvalue weighted by Crippen LogP contribution is 2.07. The number of nitrogens with one attached hydrogen (secondary N) is 1. The Morgan fingerprint density at radius 2 is 1.88 bits per heavy atom. The number of hydrogen-bond acceptors (Lipinski definition) is 3. The lowest BCUT2D eigenvalue weighted by Crippen LogP contribution is -2.32. The fraction of sp³-hybridized carbons (Fsp3) is 0.538. The van der Waals surface area contributed by atoms with E-state index >= 15 is 0 Å². The number of ether oxygens (including phenoxy) is 2. The van der Waals surface area contributed by atoms with Gasteiger partial charge in [-0.2, -0.15) is 0 Å². The molecule has 1 aromatic rings. The first kappa shape index (κ1) is 11.6. The summed E-state index contributed by atoms with van der Waals surface area (Å²) in [7, 11) is 0. The standard InChI is InChI=1S/C13H19NO2/c1-2-4-12(5-3-1)10-15-11-16-13-6-8-14-9-7-13/h1-5,13-14H,6-11H2. The molecule has 3 heteroatoms. The molecule has 1 fully saturated rings. The van der Waals surface area contributed by atoms with E-state index in [1.54, 1.807) is 0 Å². The Morgan fingerprint density at radius 1 is 1.12 bits per heavy atom. The highest BCUT2D eigenvalue weighted by molar-refractivity contribution is 5.13. The third-order valence-corrected chi connectivity index (χ3v) is 2.78. The monoisotopic (exact) mass is 221 g/mol. The lowest BCUT2D eigenvalue weighted by molar-refractivity contribution is -0.102. The fourth-order valence-electron chi connectivity index (χ4n) is 1.84. The molecule has 0 unspecified atom stereocenters. The molecule has 0 atom stereocenters. The third kappa shape index (κ3) is 3.93. The minimum Gasteiger partial charge on any atom is -0.352 e. The van der Waals surface area contributed by atoms with Crippen molar-refractivity contribution in [2.24, 2.45) is 0 Å². The summed E-state index contributed by atoms with van der Waals surface area (Å²) in [5.41, 5.74) is 1.19. The average molecular weight is 221 g/mol. The van der Waals surface area contributed by atoms with Gasteiger partial charge in [0.15, 0.2) is 0 Å². The molecule has 0 amide bonds. The minimum absolute atomic E-state index is 0.372. The number of rotatable bonds is 5. The van der Waals surface area contributed by atoms with Crippen molar-refractivity contribution in [2.75, 3.05) is 19.9 Å². The molecule has 0 spiro atoms. The predicted octanol–water partition coefficient (Wildman–Crippen LogP) is 1.93. The van der Waals surface area contributed by atoms with Crippen molar-refractivity contribution in [3.05, 3.63) is 35.9 Å². The van der Waals surface area contributed by atoms with Gasteiger partial charge in [0.2, 0.25) is 0 Å². The van der Waals surface area contributed by atoms with Crippen molar-refractivity contribution in [3.63, 3.8) is 0 Å². The van der Waals surface area contributed by atoms with Crippen molar-refractivity contribution in [2.45, 2.75) is 25.6 Å². The van der Waals surface area contributed by atoms with Gasteiger partial charge in [-0.25, -0.2) is 0 Å². The highest BCUT2D eigenvalue weighted by atomic mass is 16.7. The van der Waals surface area contributed by atoms with E-state index in [0.717, 1.165) is 25.9 Å². The van der Waals surface area contributed by atoms with Gasteiger partial charge in [-0.05, 0) is 31.5 Å². The van der Waals surface area contributed by atoms with Crippen LogP contribution in [-0.2, 0) is 16.1 Å². The molecule has 88 valence electrons. The molecule has 1 aliphatic heterocycles. The molecule has 0 radical (unpaired) electrons. The first-order valence-corrected chi connectivity index (χ1v) is 5.89. The Labute approximate surface area is 96.8 Å². The molecule has 1 saturated heterocycles. The van der Waals surface area contributed by atoms with Crippen molar-refractivity contribution < 1.29 is 9.47 Å². The van der Waals surface area contributed by atoms with Crippen molar-refractivity contribution in [1.29, 1.82) is 0 Å². The second kappa shape index (κ2) is 6.63. The number of piperidine rings is 1. The second-order valence-electron chi connectivity index (χ2n) is 4.07. The van der Waals surface area contributed by atoms with Crippen molar-refractivity contribution in [3.8, 4) is 0 Å². The molecule has 16 heavy (non-hydrogen) atoms. The van der Waals surface area contributed by atoms with Gasteiger partial charge < -0.3 is 14.8 Å². The Morgan fingerprint density at radius 3 is 2.62 bits per heavy atom. The Bertz CT molecular complexity index is 283. The smallest absolute Gasteiger partial charge is 0.147 e. The summed E-state index contributed by atoms with van der Waals surface area (Å²) >= 11 is 0. The average Bonchev–Trinajstić information content (AvgIpc) is 2.37. The molecule has 0 bridgehead atoms. The van der Waals surface area contributed by atoms with Crippen LogP contribution in [-0.4, -0.2) is 26.0 Å². The number of benzene rings is 1. The summed E-state index contributed by atoms with van der Waals surface area (Å²) in [6.45, 7) is 3.15. The Hall–Kier alpha value is -0.900. The normalized spacial score (nSPS) is 17.5. The molecule has 2 rings (SSSR count). The molecule has 3 nitrogen and oxygen atoms in total. The van der Waals surface area contributed by atoms with E-state index in [4.69, 9.17) is 9.47 Å². The topological polar surface area (TPSA) is 30.5 Å². The van der Waals surface area contributed by atoms with E-state index in [2.05, 4.69) is 17.4 Å². The molecule has 0 aromatic heterocycles. The molecular weight excluding hydrogens is 202 g/mol. The molecule has 0 aliphatic carbocycles. The van der Waals surface area contributed by atoms with Gasteiger partial charge in [-0.3, -0.25) is 0 Å². The van der Waals surface area contributed by atoms with Crippen LogP contribution in [0, 0.1) is 0 Å². The molecular formula is C13H19NO2. The van der Waals surface area contributed by atoms with Crippen LogP contribution in [0.1, 0.15) is 18.4 Å². The maximum absolute atomic E-state index is 5.64. The molecule has 1 aliphatic rings. The quantitative estimate of drug-likeness (QED) is 0.609. The van der Waals surface area contributed by atoms with Crippen LogP contribution in [0.2, 0.25) is 0 Å². The molecule has 1 heterocycles. The summed E-state index contributed by atoms with van der Waals surface area (Å²) in [6.07, 6.45) is 2.56. The minimum atomic E-state index is 0.372. The summed E-state index contributed by atoms with van der Waals surface area (Å²) in [6, 6.07) is 10.2. The Balaban J connectivity index is 1.58. The van der Waals surface area contributed by atoms with Crippen LogP contribution in [0.4, 0.5) is 0 Å². The second-order valence-corrected chi connectivity index (χ2v) is 4.07. The van der Waals surface area contributed by atoms with E-state index in [1.165, 1.54) is 5.56 Å². The van der Waals surface area contributed by atoms with Gasteiger partial charge >= 0.3 is 0 Å². The van der Waals surface area contributed by atoms with Crippen molar-refractivity contribution in [1.82, 2.24) is 5.32 Å². The molecule has 1 aromatic carbocycles. The predicted molar refractivity (Wildman–Crippen MR) is 63.1 cm³/mol. The summed E-state index contributed by atoms with van der Waals surface area (Å²) in [5, 5.41) is 3.31. The van der Waals surface area contributed by atoms with Crippen molar-refractivity contribution >= 4 is 0 Å². The fourth-order valence-corrected chi connectivity index (χ4v) is 1.84. The third-order valence-electron chi connectivity index (χ3n) is 2.78. The van der Waals surface area contributed by atoms with Gasteiger partial charge in [0, 0.05) is 0 Å². The van der Waals surface area contributed by atoms with Crippen LogP contribution in [0.5, 0.6) is 0 Å². The first-order valence-electron chi connectivity index (χ1n) is 5.89. The van der Waals surface area contributed by atoms with E-state index in [1.807, 2.05) is 18.2 Å². The zero-order chi connectivity index (χ0) is 11.1. The first-order chi connectivity index (χ1) is 7.95. The summed E-state index contributed by atoms with van der Waals surface area (Å²) < 4.78 is 11.1. The lowest BCUT2D eigenvalue weighted by Gasteiger charge is -2.22. The van der Waals surface area contributed by atoms with Crippen LogP contribution in [0.15, 0.2) is 30.3 Å². The Kier molecular flexibility index (Phi) is 4.80. The maximum Gasteiger partial charge on any atom is 0.147 e. The van der Waals surface area contributed by atoms with Gasteiger partial charge in [-0.15, -0.1) is 0 Å². The number of hydrogen-bond donors (Lipinski definition) is 1. The largest absolute Gasteiger partial charge is 0.352 e. The molecule has 1 N–H and O–H groups in total. The SMILES string of the molecule is c1ccc(COCOC2CCNCC2)cc1. The van der Waals surface area contributed by atoms with E-state index in [0.29, 0.717) is 19.5 Å². The summed E-state index contributed by atoms with van der Waals surface area (Å²) in [4.78, 5) is 0. The van der Waals surface area contributed by atoms with Gasteiger partial charge in [0.05, 0.1) is 12.7 Å². The van der Waals surface area contributed by atoms with Gasteiger partial charge in [-0.1, -0.05) is 30.3 Å². The highest BCUT2D eigenvalue weighted by Gasteiger charge is 2.12.